The second kappa shape index (κ2) is 5.47. The summed E-state index contributed by atoms with van der Waals surface area (Å²) in [6.07, 6.45) is 1.60. The Morgan fingerprint density at radius 3 is 2.39 bits per heavy atom. The Kier molecular flexibility index (Phi) is 3.75. The number of carboxylic acid groups (broad SMARTS) is 1. The van der Waals surface area contributed by atoms with Gasteiger partial charge >= 0.3 is 5.97 Å². The highest BCUT2D eigenvalue weighted by Gasteiger charge is 2.16. The van der Waals surface area contributed by atoms with Crippen molar-refractivity contribution in [1.82, 2.24) is 0 Å². The van der Waals surface area contributed by atoms with Crippen molar-refractivity contribution in [2.45, 2.75) is 0 Å². The Labute approximate surface area is 110 Å². The van der Waals surface area contributed by atoms with Gasteiger partial charge < -0.3 is 5.11 Å². The van der Waals surface area contributed by atoms with Gasteiger partial charge in [-0.2, -0.15) is 0 Å². The van der Waals surface area contributed by atoms with Crippen LogP contribution in [0.4, 0.5) is 0 Å². The van der Waals surface area contributed by atoms with Gasteiger partial charge in [0.15, 0.2) is 0 Å². The van der Waals surface area contributed by atoms with E-state index in [4.69, 9.17) is 0 Å². The third-order valence-electron chi connectivity index (χ3n) is 2.54. The van der Waals surface area contributed by atoms with Crippen LogP contribution in [0.1, 0.15) is 10.4 Å². The number of rotatable bonds is 4. The molecule has 3 heteroatoms. The molecule has 0 fully saturated rings. The van der Waals surface area contributed by atoms with Crippen LogP contribution in [0, 0.1) is 0 Å². The van der Waals surface area contributed by atoms with E-state index in [0.29, 0.717) is 11.1 Å². The molecule has 1 aromatic carbocycles. The first-order chi connectivity index (χ1) is 8.74. The zero-order valence-electron chi connectivity index (χ0n) is 9.67. The molecule has 2 aromatic rings. The number of allylic oxidation sites excluding steroid dienone is 2. The van der Waals surface area contributed by atoms with Crippen molar-refractivity contribution in [1.29, 1.82) is 0 Å². The first kappa shape index (κ1) is 12.3. The van der Waals surface area contributed by atoms with Crippen molar-refractivity contribution in [3.05, 3.63) is 70.9 Å². The molecule has 0 aliphatic heterocycles. The fraction of sp³-hybridized carbons (Fsp3) is 0. The molecule has 0 amide bonds. The summed E-state index contributed by atoms with van der Waals surface area (Å²) in [4.78, 5) is 12.4. The Morgan fingerprint density at radius 1 is 1.17 bits per heavy atom. The highest BCUT2D eigenvalue weighted by Crippen LogP contribution is 2.30. The third-order valence-corrected chi connectivity index (χ3v) is 3.44. The molecule has 1 N–H and O–H groups in total. The molecule has 90 valence electrons. The minimum absolute atomic E-state index is 0.285. The topological polar surface area (TPSA) is 37.3 Å². The Morgan fingerprint density at radius 2 is 1.89 bits per heavy atom. The summed E-state index contributed by atoms with van der Waals surface area (Å²) < 4.78 is 0. The summed E-state index contributed by atoms with van der Waals surface area (Å²) in [5.74, 6) is -0.940. The van der Waals surface area contributed by atoms with Crippen molar-refractivity contribution in [3.63, 3.8) is 0 Å². The number of hydrogen-bond donors (Lipinski definition) is 1. The van der Waals surface area contributed by atoms with Gasteiger partial charge in [0, 0.05) is 10.5 Å². The lowest BCUT2D eigenvalue weighted by Gasteiger charge is -2.07. The number of hydrogen-bond acceptors (Lipinski definition) is 2. The summed E-state index contributed by atoms with van der Waals surface area (Å²) in [5.41, 5.74) is 1.63. The lowest BCUT2D eigenvalue weighted by molar-refractivity contribution is -0.130. The molecule has 1 heterocycles. The van der Waals surface area contributed by atoms with E-state index in [1.54, 1.807) is 18.2 Å². The van der Waals surface area contributed by atoms with Crippen LogP contribution in [0.3, 0.4) is 0 Å². The Balaban J connectivity index is 2.66. The molecule has 18 heavy (non-hydrogen) atoms. The van der Waals surface area contributed by atoms with Crippen LogP contribution in [0.15, 0.2) is 60.5 Å². The summed E-state index contributed by atoms with van der Waals surface area (Å²) in [6.45, 7) is 3.73. The minimum Gasteiger partial charge on any atom is -0.478 e. The van der Waals surface area contributed by atoms with Gasteiger partial charge in [0.25, 0.3) is 0 Å². The second-order valence-electron chi connectivity index (χ2n) is 3.64. The van der Waals surface area contributed by atoms with Gasteiger partial charge in [-0.05, 0) is 17.0 Å². The van der Waals surface area contributed by atoms with E-state index in [9.17, 15) is 9.90 Å². The van der Waals surface area contributed by atoms with Gasteiger partial charge in [-0.1, -0.05) is 49.1 Å². The van der Waals surface area contributed by atoms with E-state index < -0.39 is 5.97 Å². The maximum absolute atomic E-state index is 11.5. The van der Waals surface area contributed by atoms with E-state index in [0.717, 1.165) is 4.88 Å². The van der Waals surface area contributed by atoms with Crippen LogP contribution >= 0.6 is 11.3 Å². The molecule has 0 saturated carbocycles. The molecule has 0 unspecified atom stereocenters. The molecule has 0 aliphatic rings. The standard InChI is InChI=1S/C15H12O2S/c1-2-12(13-9-6-10-18-13)14(15(16)17)11-7-4-3-5-8-11/h2-10H,1H2,(H,16,17). The molecule has 0 aliphatic carbocycles. The summed E-state index contributed by atoms with van der Waals surface area (Å²) in [5, 5.41) is 11.3. The first-order valence-corrected chi connectivity index (χ1v) is 6.31. The molecule has 0 saturated heterocycles. The van der Waals surface area contributed by atoms with Crippen LogP contribution in [0.2, 0.25) is 0 Å². The smallest absolute Gasteiger partial charge is 0.336 e. The molecule has 0 atom stereocenters. The molecular formula is C15H12O2S. The molecule has 0 radical (unpaired) electrons. The molecule has 1 aromatic heterocycles. The Bertz CT molecular complexity index is 580. The van der Waals surface area contributed by atoms with Crippen LogP contribution in [-0.2, 0) is 4.79 Å². The maximum atomic E-state index is 11.5. The second-order valence-corrected chi connectivity index (χ2v) is 4.59. The first-order valence-electron chi connectivity index (χ1n) is 5.43. The van der Waals surface area contributed by atoms with Gasteiger partial charge in [-0.25, -0.2) is 4.79 Å². The largest absolute Gasteiger partial charge is 0.478 e. The number of carbonyl (C=O) groups is 1. The van der Waals surface area contributed by atoms with Crippen molar-refractivity contribution < 1.29 is 9.90 Å². The lowest BCUT2D eigenvalue weighted by Crippen LogP contribution is -2.02. The highest BCUT2D eigenvalue weighted by molar-refractivity contribution is 7.11. The van der Waals surface area contributed by atoms with Crippen LogP contribution in [0.25, 0.3) is 11.1 Å². The minimum atomic E-state index is -0.940. The normalized spacial score (nSPS) is 11.8. The van der Waals surface area contributed by atoms with E-state index in [1.165, 1.54) is 11.3 Å². The summed E-state index contributed by atoms with van der Waals surface area (Å²) >= 11 is 1.50. The van der Waals surface area contributed by atoms with Crippen molar-refractivity contribution >= 4 is 28.5 Å². The predicted octanol–water partition coefficient (Wildman–Crippen LogP) is 3.93. The van der Waals surface area contributed by atoms with Crippen LogP contribution in [-0.4, -0.2) is 11.1 Å². The van der Waals surface area contributed by atoms with E-state index in [-0.39, 0.29) is 5.57 Å². The lowest BCUT2D eigenvalue weighted by atomic mass is 9.99. The quantitative estimate of drug-likeness (QED) is 0.664. The Hall–Kier alpha value is -2.13. The molecule has 2 rings (SSSR count). The number of carboxylic acids is 1. The van der Waals surface area contributed by atoms with Gasteiger partial charge in [0.2, 0.25) is 0 Å². The van der Waals surface area contributed by atoms with Crippen molar-refractivity contribution in [3.8, 4) is 0 Å². The van der Waals surface area contributed by atoms with Crippen LogP contribution < -0.4 is 0 Å². The van der Waals surface area contributed by atoms with E-state index >= 15 is 0 Å². The SMILES string of the molecule is C=CC(=C(C(=O)O)c1ccccc1)c1cccs1. The highest BCUT2D eigenvalue weighted by atomic mass is 32.1. The van der Waals surface area contributed by atoms with Gasteiger partial charge in [0.05, 0.1) is 5.57 Å². The molecule has 2 nitrogen and oxygen atoms in total. The number of thiophene rings is 1. The fourth-order valence-corrected chi connectivity index (χ4v) is 2.53. The van der Waals surface area contributed by atoms with Crippen molar-refractivity contribution in [2.24, 2.45) is 0 Å². The average molecular weight is 256 g/mol. The monoisotopic (exact) mass is 256 g/mol. The summed E-state index contributed by atoms with van der Waals surface area (Å²) in [6, 6.07) is 12.9. The molecule has 0 spiro atoms. The van der Waals surface area contributed by atoms with E-state index in [2.05, 4.69) is 6.58 Å². The third kappa shape index (κ3) is 2.41. The average Bonchev–Trinajstić information content (AvgIpc) is 2.90. The van der Waals surface area contributed by atoms with Gasteiger partial charge in [0.1, 0.15) is 0 Å². The number of benzene rings is 1. The number of aliphatic carboxylic acids is 1. The van der Waals surface area contributed by atoms with Crippen molar-refractivity contribution in [2.75, 3.05) is 0 Å². The van der Waals surface area contributed by atoms with Gasteiger partial charge in [-0.15, -0.1) is 11.3 Å². The molecule has 0 bridgehead atoms. The van der Waals surface area contributed by atoms with Gasteiger partial charge in [-0.3, -0.25) is 0 Å². The van der Waals surface area contributed by atoms with E-state index in [1.807, 2.05) is 35.7 Å². The molecular weight excluding hydrogens is 244 g/mol. The summed E-state index contributed by atoms with van der Waals surface area (Å²) in [7, 11) is 0. The fourth-order valence-electron chi connectivity index (χ4n) is 1.76. The van der Waals surface area contributed by atoms with Crippen LogP contribution in [0.5, 0.6) is 0 Å². The predicted molar refractivity (Wildman–Crippen MR) is 75.4 cm³/mol. The zero-order chi connectivity index (χ0) is 13.0. The zero-order valence-corrected chi connectivity index (χ0v) is 10.5. The maximum Gasteiger partial charge on any atom is 0.336 e.